The molecule has 4 aromatic rings. The molecule has 0 aliphatic carbocycles. The number of alkyl halides is 3. The standard InChI is InChI=1S/C19H13F5N6O2/c1-9-2-10(5-26-18(9)32-8-19(22,23)24)30-7-16(28-29-30)17(31)27-15-6-25-14-4-13(21)12(20)3-11(14)15/h2-7,25H,8H2,1H3,(H,27,31). The van der Waals surface area contributed by atoms with Gasteiger partial charge in [0.2, 0.25) is 5.88 Å². The molecule has 3 heterocycles. The zero-order chi connectivity index (χ0) is 23.0. The molecule has 0 atom stereocenters. The first-order valence-corrected chi connectivity index (χ1v) is 8.97. The molecule has 1 amide bonds. The van der Waals surface area contributed by atoms with Crippen molar-refractivity contribution in [3.63, 3.8) is 0 Å². The molecular weight excluding hydrogens is 439 g/mol. The van der Waals surface area contributed by atoms with Crippen LogP contribution in [0.1, 0.15) is 16.1 Å². The molecule has 2 N–H and O–H groups in total. The van der Waals surface area contributed by atoms with Gasteiger partial charge >= 0.3 is 6.18 Å². The number of aromatic amines is 1. The fourth-order valence-corrected chi connectivity index (χ4v) is 2.87. The van der Waals surface area contributed by atoms with Crippen molar-refractivity contribution in [2.45, 2.75) is 13.1 Å². The van der Waals surface area contributed by atoms with E-state index in [1.54, 1.807) is 0 Å². The highest BCUT2D eigenvalue weighted by Crippen LogP contribution is 2.26. The molecule has 13 heteroatoms. The van der Waals surface area contributed by atoms with Gasteiger partial charge in [-0.15, -0.1) is 5.10 Å². The molecule has 0 saturated carbocycles. The zero-order valence-electron chi connectivity index (χ0n) is 16.2. The molecule has 3 aromatic heterocycles. The number of amides is 1. The number of benzene rings is 1. The van der Waals surface area contributed by atoms with Crippen LogP contribution in [0, 0.1) is 18.6 Å². The lowest BCUT2D eigenvalue weighted by Gasteiger charge is -2.11. The van der Waals surface area contributed by atoms with Gasteiger partial charge in [0, 0.05) is 23.2 Å². The number of pyridine rings is 1. The molecular formula is C19H13F5N6O2. The zero-order valence-corrected chi connectivity index (χ0v) is 16.2. The van der Waals surface area contributed by atoms with Crippen LogP contribution in [0.15, 0.2) is 36.8 Å². The Hall–Kier alpha value is -4.03. The average Bonchev–Trinajstić information content (AvgIpc) is 3.35. The quantitative estimate of drug-likeness (QED) is 0.448. The number of carbonyl (C=O) groups excluding carboxylic acids is 1. The summed E-state index contributed by atoms with van der Waals surface area (Å²) in [7, 11) is 0. The molecule has 0 fully saturated rings. The summed E-state index contributed by atoms with van der Waals surface area (Å²) in [6.45, 7) is 0.0317. The van der Waals surface area contributed by atoms with Gasteiger partial charge in [0.1, 0.15) is 0 Å². The third-order valence-electron chi connectivity index (χ3n) is 4.35. The number of ether oxygens (including phenoxy) is 1. The van der Waals surface area contributed by atoms with Gasteiger partial charge in [0.05, 0.1) is 29.3 Å². The largest absolute Gasteiger partial charge is 0.468 e. The first-order chi connectivity index (χ1) is 15.1. The number of hydrogen-bond donors (Lipinski definition) is 2. The molecule has 4 rings (SSSR count). The van der Waals surface area contributed by atoms with E-state index >= 15 is 0 Å². The molecule has 0 unspecified atom stereocenters. The van der Waals surface area contributed by atoms with E-state index in [0.29, 0.717) is 11.3 Å². The summed E-state index contributed by atoms with van der Waals surface area (Å²) in [6, 6.07) is 3.38. The van der Waals surface area contributed by atoms with E-state index in [9.17, 15) is 26.7 Å². The predicted octanol–water partition coefficient (Wildman–Crippen LogP) is 3.92. The van der Waals surface area contributed by atoms with Gasteiger partial charge in [-0.1, -0.05) is 5.21 Å². The number of nitrogens with zero attached hydrogens (tertiary/aromatic N) is 4. The molecule has 8 nitrogen and oxygen atoms in total. The minimum Gasteiger partial charge on any atom is -0.468 e. The summed E-state index contributed by atoms with van der Waals surface area (Å²) >= 11 is 0. The van der Waals surface area contributed by atoms with Crippen molar-refractivity contribution in [1.29, 1.82) is 0 Å². The van der Waals surface area contributed by atoms with E-state index in [1.165, 1.54) is 36.3 Å². The minimum absolute atomic E-state index is 0.100. The molecule has 166 valence electrons. The van der Waals surface area contributed by atoms with Gasteiger partial charge in [0.15, 0.2) is 23.9 Å². The number of nitrogens with one attached hydrogen (secondary N) is 2. The van der Waals surface area contributed by atoms with Crippen LogP contribution in [-0.2, 0) is 0 Å². The molecule has 0 aliphatic rings. The van der Waals surface area contributed by atoms with Crippen molar-refractivity contribution in [3.8, 4) is 11.6 Å². The topological polar surface area (TPSA) is 97.7 Å². The molecule has 0 radical (unpaired) electrons. The Kier molecular flexibility index (Phi) is 5.24. The highest BCUT2D eigenvalue weighted by atomic mass is 19.4. The molecule has 0 saturated heterocycles. The number of carbonyl (C=O) groups is 1. The highest BCUT2D eigenvalue weighted by Gasteiger charge is 2.29. The number of aromatic nitrogens is 5. The second-order valence-corrected chi connectivity index (χ2v) is 6.74. The maximum atomic E-state index is 13.5. The highest BCUT2D eigenvalue weighted by molar-refractivity contribution is 6.07. The lowest BCUT2D eigenvalue weighted by atomic mass is 10.2. The van der Waals surface area contributed by atoms with Crippen LogP contribution in [0.2, 0.25) is 0 Å². The van der Waals surface area contributed by atoms with Crippen molar-refractivity contribution >= 4 is 22.5 Å². The van der Waals surface area contributed by atoms with Gasteiger partial charge in [-0.3, -0.25) is 4.79 Å². The fraction of sp³-hybridized carbons (Fsp3) is 0.158. The number of H-pyrrole nitrogens is 1. The third kappa shape index (κ3) is 4.36. The Morgan fingerprint density at radius 3 is 2.69 bits per heavy atom. The van der Waals surface area contributed by atoms with E-state index in [-0.39, 0.29) is 28.2 Å². The first kappa shape index (κ1) is 21.2. The second-order valence-electron chi connectivity index (χ2n) is 6.74. The average molecular weight is 452 g/mol. The van der Waals surface area contributed by atoms with Gasteiger partial charge in [-0.25, -0.2) is 18.4 Å². The van der Waals surface area contributed by atoms with E-state index in [1.807, 2.05) is 0 Å². The van der Waals surface area contributed by atoms with Crippen molar-refractivity contribution < 1.29 is 31.5 Å². The summed E-state index contributed by atoms with van der Waals surface area (Å²) in [6.07, 6.45) is -0.631. The lowest BCUT2D eigenvalue weighted by molar-refractivity contribution is -0.154. The van der Waals surface area contributed by atoms with Gasteiger partial charge in [-0.2, -0.15) is 13.2 Å². The normalized spacial score (nSPS) is 11.7. The van der Waals surface area contributed by atoms with Crippen LogP contribution < -0.4 is 10.1 Å². The SMILES string of the molecule is Cc1cc(-n2cc(C(=O)Nc3c[nH]c4cc(F)c(F)cc34)nn2)cnc1OCC(F)(F)F. The summed E-state index contributed by atoms with van der Waals surface area (Å²) in [4.78, 5) is 19.1. The Balaban J connectivity index is 1.51. The number of hydrogen-bond acceptors (Lipinski definition) is 5. The minimum atomic E-state index is -4.49. The van der Waals surface area contributed by atoms with Gasteiger partial charge in [0.25, 0.3) is 5.91 Å². The van der Waals surface area contributed by atoms with E-state index < -0.39 is 30.3 Å². The number of anilines is 1. The van der Waals surface area contributed by atoms with Crippen molar-refractivity contribution in [2.24, 2.45) is 0 Å². The summed E-state index contributed by atoms with van der Waals surface area (Å²) < 4.78 is 69.6. The van der Waals surface area contributed by atoms with Crippen molar-refractivity contribution in [2.75, 3.05) is 11.9 Å². The predicted molar refractivity (Wildman–Crippen MR) is 102 cm³/mol. The first-order valence-electron chi connectivity index (χ1n) is 8.97. The molecule has 0 spiro atoms. The number of fused-ring (bicyclic) bond motifs is 1. The Bertz CT molecular complexity index is 1310. The number of halogens is 5. The second kappa shape index (κ2) is 7.90. The van der Waals surface area contributed by atoms with Crippen LogP contribution in [0.5, 0.6) is 5.88 Å². The Labute approximate surface area is 176 Å². The lowest BCUT2D eigenvalue weighted by Crippen LogP contribution is -2.20. The monoisotopic (exact) mass is 452 g/mol. The van der Waals surface area contributed by atoms with Gasteiger partial charge in [-0.05, 0) is 19.1 Å². The van der Waals surface area contributed by atoms with Crippen LogP contribution >= 0.6 is 0 Å². The Morgan fingerprint density at radius 1 is 1.22 bits per heavy atom. The molecule has 0 aliphatic heterocycles. The van der Waals surface area contributed by atoms with Crippen molar-refractivity contribution in [3.05, 3.63) is 59.7 Å². The fourth-order valence-electron chi connectivity index (χ4n) is 2.87. The summed E-state index contributed by atoms with van der Waals surface area (Å²) in [5, 5.41) is 10.4. The number of rotatable bonds is 5. The molecule has 1 aromatic carbocycles. The van der Waals surface area contributed by atoms with E-state index in [2.05, 4.69) is 30.3 Å². The summed E-state index contributed by atoms with van der Waals surface area (Å²) in [5.74, 6) is -2.95. The molecule has 0 bridgehead atoms. The van der Waals surface area contributed by atoms with Crippen LogP contribution in [0.4, 0.5) is 27.6 Å². The van der Waals surface area contributed by atoms with Crippen LogP contribution in [0.25, 0.3) is 16.6 Å². The maximum absolute atomic E-state index is 13.5. The smallest absolute Gasteiger partial charge is 0.422 e. The molecule has 32 heavy (non-hydrogen) atoms. The maximum Gasteiger partial charge on any atom is 0.422 e. The Morgan fingerprint density at radius 2 is 1.97 bits per heavy atom. The van der Waals surface area contributed by atoms with Crippen LogP contribution in [-0.4, -0.2) is 43.7 Å². The van der Waals surface area contributed by atoms with E-state index in [0.717, 1.165) is 12.1 Å². The van der Waals surface area contributed by atoms with Crippen LogP contribution in [0.3, 0.4) is 0 Å². The van der Waals surface area contributed by atoms with E-state index in [4.69, 9.17) is 0 Å². The summed E-state index contributed by atoms with van der Waals surface area (Å²) in [5.41, 5.74) is 1.05. The van der Waals surface area contributed by atoms with Crippen molar-refractivity contribution in [1.82, 2.24) is 25.0 Å². The van der Waals surface area contributed by atoms with Gasteiger partial charge < -0.3 is 15.0 Å². The third-order valence-corrected chi connectivity index (χ3v) is 4.35. The number of aryl methyl sites for hydroxylation is 1.